The summed E-state index contributed by atoms with van der Waals surface area (Å²) in [5.74, 6) is -2.71. The van der Waals surface area contributed by atoms with Crippen molar-refractivity contribution in [2.75, 3.05) is 7.11 Å². The van der Waals surface area contributed by atoms with Gasteiger partial charge in [0.25, 0.3) is 0 Å². The molecule has 2 N–H and O–H groups in total. The van der Waals surface area contributed by atoms with Gasteiger partial charge in [0.1, 0.15) is 0 Å². The van der Waals surface area contributed by atoms with Gasteiger partial charge in [-0.3, -0.25) is 9.48 Å². The van der Waals surface area contributed by atoms with Crippen LogP contribution >= 0.6 is 0 Å². The second-order valence-corrected chi connectivity index (χ2v) is 6.22. The molecular formula is C17H19FN4O4. The molecule has 0 saturated carbocycles. The van der Waals surface area contributed by atoms with Gasteiger partial charge in [-0.2, -0.15) is 0 Å². The fourth-order valence-electron chi connectivity index (χ4n) is 3.14. The third-order valence-corrected chi connectivity index (χ3v) is 4.61. The van der Waals surface area contributed by atoms with E-state index < -0.39 is 17.8 Å². The summed E-state index contributed by atoms with van der Waals surface area (Å²) in [6.07, 6.45) is 1.60. The minimum Gasteiger partial charge on any atom is -0.494 e. The zero-order valence-corrected chi connectivity index (χ0v) is 14.4. The summed E-state index contributed by atoms with van der Waals surface area (Å²) in [6.45, 7) is 0. The first kappa shape index (κ1) is 17.8. The number of carbonyl (C=O) groups is 2. The van der Waals surface area contributed by atoms with Gasteiger partial charge in [0.15, 0.2) is 17.6 Å². The molecule has 3 rings (SSSR count). The summed E-state index contributed by atoms with van der Waals surface area (Å²) in [5.41, 5.74) is 1.88. The highest BCUT2D eigenvalue weighted by Gasteiger charge is 2.31. The van der Waals surface area contributed by atoms with Crippen molar-refractivity contribution >= 4 is 11.9 Å². The van der Waals surface area contributed by atoms with Crippen molar-refractivity contribution in [1.82, 2.24) is 20.3 Å². The van der Waals surface area contributed by atoms with Crippen LogP contribution in [0.25, 0.3) is 0 Å². The van der Waals surface area contributed by atoms with Crippen molar-refractivity contribution < 1.29 is 23.8 Å². The maximum atomic E-state index is 13.9. The van der Waals surface area contributed by atoms with Gasteiger partial charge in [0, 0.05) is 19.4 Å². The first-order valence-electron chi connectivity index (χ1n) is 8.14. The van der Waals surface area contributed by atoms with Gasteiger partial charge < -0.3 is 15.2 Å². The summed E-state index contributed by atoms with van der Waals surface area (Å²) in [7, 11) is 3.07. The predicted molar refractivity (Wildman–Crippen MR) is 88.0 cm³/mol. The molecular weight excluding hydrogens is 343 g/mol. The van der Waals surface area contributed by atoms with Gasteiger partial charge in [-0.15, -0.1) is 5.10 Å². The zero-order valence-electron chi connectivity index (χ0n) is 14.4. The first-order valence-corrected chi connectivity index (χ1v) is 8.14. The fourth-order valence-corrected chi connectivity index (χ4v) is 3.14. The highest BCUT2D eigenvalue weighted by Crippen LogP contribution is 2.26. The molecule has 2 atom stereocenters. The van der Waals surface area contributed by atoms with Crippen LogP contribution in [-0.2, 0) is 29.5 Å². The molecule has 1 aliphatic rings. The molecule has 0 saturated heterocycles. The normalized spacial score (nSPS) is 17.3. The van der Waals surface area contributed by atoms with Gasteiger partial charge >= 0.3 is 5.97 Å². The molecule has 1 heterocycles. The number of aromatic nitrogens is 3. The van der Waals surface area contributed by atoms with Crippen LogP contribution in [0.1, 0.15) is 29.4 Å². The standard InChI is InChI=1S/C17H19FN4O4/c1-22-13-8-10(3-5-12(13)20-21-22)16(23)19-15(17(24)25)9-4-6-14(26-2)11(18)7-9/h4,6-7,10,15H,3,5,8H2,1-2H3,(H,19,23)(H,24,25). The van der Waals surface area contributed by atoms with E-state index >= 15 is 0 Å². The Morgan fingerprint density at radius 1 is 1.46 bits per heavy atom. The molecule has 0 aliphatic heterocycles. The lowest BCUT2D eigenvalue weighted by Crippen LogP contribution is -2.39. The number of carboxylic acid groups (broad SMARTS) is 1. The maximum absolute atomic E-state index is 13.9. The van der Waals surface area contributed by atoms with Crippen LogP contribution in [0.2, 0.25) is 0 Å². The Labute approximate surface area is 149 Å². The van der Waals surface area contributed by atoms with Crippen molar-refractivity contribution in [2.24, 2.45) is 13.0 Å². The Morgan fingerprint density at radius 2 is 2.23 bits per heavy atom. The largest absolute Gasteiger partial charge is 0.494 e. The van der Waals surface area contributed by atoms with E-state index in [0.717, 1.165) is 17.5 Å². The molecule has 2 aromatic rings. The number of aryl methyl sites for hydroxylation is 2. The van der Waals surface area contributed by atoms with Gasteiger partial charge in [0.2, 0.25) is 5.91 Å². The molecule has 0 bridgehead atoms. The fraction of sp³-hybridized carbons (Fsp3) is 0.412. The van der Waals surface area contributed by atoms with E-state index in [1.165, 1.54) is 19.2 Å². The number of carboxylic acids is 1. The molecule has 138 valence electrons. The number of nitrogens with one attached hydrogen (secondary N) is 1. The van der Waals surface area contributed by atoms with Gasteiger partial charge in [-0.1, -0.05) is 11.3 Å². The van der Waals surface area contributed by atoms with Crippen LogP contribution in [0.4, 0.5) is 4.39 Å². The van der Waals surface area contributed by atoms with Crippen LogP contribution in [0.3, 0.4) is 0 Å². The summed E-state index contributed by atoms with van der Waals surface area (Å²) in [4.78, 5) is 24.2. The summed E-state index contributed by atoms with van der Waals surface area (Å²) in [5, 5.41) is 20.0. The number of aliphatic carboxylic acids is 1. The van der Waals surface area contributed by atoms with Crippen molar-refractivity contribution in [3.8, 4) is 5.75 Å². The number of rotatable bonds is 5. The highest BCUT2D eigenvalue weighted by molar-refractivity contribution is 5.86. The Balaban J connectivity index is 1.76. The zero-order chi connectivity index (χ0) is 18.8. The summed E-state index contributed by atoms with van der Waals surface area (Å²) < 4.78 is 20.3. The molecule has 1 amide bonds. The van der Waals surface area contributed by atoms with Crippen molar-refractivity contribution in [3.63, 3.8) is 0 Å². The number of hydrogen-bond donors (Lipinski definition) is 2. The van der Waals surface area contributed by atoms with E-state index in [-0.39, 0.29) is 23.1 Å². The van der Waals surface area contributed by atoms with E-state index in [1.54, 1.807) is 11.7 Å². The number of benzene rings is 1. The molecule has 1 aliphatic carbocycles. The van der Waals surface area contributed by atoms with Crippen LogP contribution < -0.4 is 10.1 Å². The Kier molecular flexibility index (Phi) is 4.88. The lowest BCUT2D eigenvalue weighted by molar-refractivity contribution is -0.142. The molecule has 2 unspecified atom stereocenters. The van der Waals surface area contributed by atoms with Crippen LogP contribution in [-0.4, -0.2) is 39.1 Å². The van der Waals surface area contributed by atoms with Gasteiger partial charge in [0.05, 0.1) is 18.5 Å². The second-order valence-electron chi connectivity index (χ2n) is 6.22. The lowest BCUT2D eigenvalue weighted by atomic mass is 9.88. The van der Waals surface area contributed by atoms with Crippen molar-refractivity contribution in [1.29, 1.82) is 0 Å². The van der Waals surface area contributed by atoms with Crippen LogP contribution in [0.5, 0.6) is 5.75 Å². The Bertz CT molecular complexity index is 851. The van der Waals surface area contributed by atoms with Crippen LogP contribution in [0.15, 0.2) is 18.2 Å². The minimum absolute atomic E-state index is 0.00716. The number of nitrogens with zero attached hydrogens (tertiary/aromatic N) is 3. The summed E-state index contributed by atoms with van der Waals surface area (Å²) in [6, 6.07) is 2.47. The second kappa shape index (κ2) is 7.11. The lowest BCUT2D eigenvalue weighted by Gasteiger charge is -2.23. The number of methoxy groups -OCH3 is 1. The van der Waals surface area contributed by atoms with Crippen molar-refractivity contribution in [3.05, 3.63) is 41.0 Å². The van der Waals surface area contributed by atoms with E-state index in [0.29, 0.717) is 19.3 Å². The van der Waals surface area contributed by atoms with Gasteiger partial charge in [-0.25, -0.2) is 9.18 Å². The Morgan fingerprint density at radius 3 is 2.88 bits per heavy atom. The molecule has 1 aromatic carbocycles. The number of fused-ring (bicyclic) bond motifs is 1. The number of hydrogen-bond acceptors (Lipinski definition) is 5. The van der Waals surface area contributed by atoms with Crippen LogP contribution in [0, 0.1) is 11.7 Å². The molecule has 1 aromatic heterocycles. The highest BCUT2D eigenvalue weighted by atomic mass is 19.1. The molecule has 26 heavy (non-hydrogen) atoms. The number of amides is 1. The number of halogens is 1. The van der Waals surface area contributed by atoms with E-state index in [9.17, 15) is 19.1 Å². The third kappa shape index (κ3) is 3.37. The van der Waals surface area contributed by atoms with E-state index in [4.69, 9.17) is 4.74 Å². The average molecular weight is 362 g/mol. The number of ether oxygens (including phenoxy) is 1. The predicted octanol–water partition coefficient (Wildman–Crippen LogP) is 1.01. The Hall–Kier alpha value is -2.97. The summed E-state index contributed by atoms with van der Waals surface area (Å²) >= 11 is 0. The maximum Gasteiger partial charge on any atom is 0.330 e. The molecule has 8 nitrogen and oxygen atoms in total. The quantitative estimate of drug-likeness (QED) is 0.822. The first-order chi connectivity index (χ1) is 12.4. The van der Waals surface area contributed by atoms with E-state index in [1.807, 2.05) is 0 Å². The molecule has 0 spiro atoms. The molecule has 0 fully saturated rings. The molecule has 9 heteroatoms. The smallest absolute Gasteiger partial charge is 0.330 e. The molecule has 0 radical (unpaired) electrons. The monoisotopic (exact) mass is 362 g/mol. The number of carbonyl (C=O) groups excluding carboxylic acids is 1. The van der Waals surface area contributed by atoms with Crippen molar-refractivity contribution in [2.45, 2.75) is 25.3 Å². The van der Waals surface area contributed by atoms with Gasteiger partial charge in [-0.05, 0) is 30.5 Å². The SMILES string of the molecule is COc1ccc(C(NC(=O)C2CCc3nnn(C)c3C2)C(=O)O)cc1F. The topological polar surface area (TPSA) is 106 Å². The average Bonchev–Trinajstić information content (AvgIpc) is 2.99. The van der Waals surface area contributed by atoms with E-state index in [2.05, 4.69) is 15.6 Å². The third-order valence-electron chi connectivity index (χ3n) is 4.61. The minimum atomic E-state index is -1.34.